The fourth-order valence-corrected chi connectivity index (χ4v) is 4.52. The topological polar surface area (TPSA) is 93.2 Å². The largest absolute Gasteiger partial charge is 0.457 e. The number of carbonyl (C=O) groups excluding carboxylic acids is 2. The molecular formula is C23H20F2N4O3S. The van der Waals surface area contributed by atoms with Crippen LogP contribution in [0.4, 0.5) is 8.78 Å². The van der Waals surface area contributed by atoms with Gasteiger partial charge in [-0.1, -0.05) is 12.1 Å². The number of hydrogen-bond acceptors (Lipinski definition) is 6. The first-order chi connectivity index (χ1) is 16.0. The molecule has 4 rings (SSSR count). The summed E-state index contributed by atoms with van der Waals surface area (Å²) in [6.45, 7) is 0.271. The molecule has 1 saturated heterocycles. The Morgan fingerprint density at radius 1 is 1.09 bits per heavy atom. The van der Waals surface area contributed by atoms with E-state index in [2.05, 4.69) is 20.6 Å². The number of benzene rings is 2. The molecule has 1 aromatic heterocycles. The number of hydrogen-bond donors (Lipinski definition) is 2. The van der Waals surface area contributed by atoms with E-state index in [-0.39, 0.29) is 30.1 Å². The van der Waals surface area contributed by atoms with Gasteiger partial charge in [-0.2, -0.15) is 0 Å². The molecule has 3 aromatic rings. The van der Waals surface area contributed by atoms with Crippen molar-refractivity contribution in [3.63, 3.8) is 0 Å². The van der Waals surface area contributed by atoms with Crippen molar-refractivity contribution in [1.29, 1.82) is 0 Å². The Bertz CT molecular complexity index is 1110. The molecule has 0 bridgehead atoms. The molecule has 0 spiro atoms. The molecule has 0 unspecified atom stereocenters. The fourth-order valence-electron chi connectivity index (χ4n) is 3.30. The van der Waals surface area contributed by atoms with Crippen molar-refractivity contribution < 1.29 is 23.1 Å². The summed E-state index contributed by atoms with van der Waals surface area (Å²) in [4.78, 5) is 32.8. The predicted octanol–water partition coefficient (Wildman–Crippen LogP) is 3.64. The van der Waals surface area contributed by atoms with Crippen molar-refractivity contribution in [2.24, 2.45) is 0 Å². The third kappa shape index (κ3) is 6.04. The van der Waals surface area contributed by atoms with Crippen molar-refractivity contribution in [3.05, 3.63) is 83.9 Å². The Morgan fingerprint density at radius 3 is 2.48 bits per heavy atom. The average molecular weight is 471 g/mol. The average Bonchev–Trinajstić information content (AvgIpc) is 2.99. The molecule has 2 heterocycles. The zero-order valence-corrected chi connectivity index (χ0v) is 18.1. The van der Waals surface area contributed by atoms with Crippen LogP contribution in [0.3, 0.4) is 0 Å². The van der Waals surface area contributed by atoms with Gasteiger partial charge in [-0.3, -0.25) is 9.59 Å². The van der Waals surface area contributed by atoms with Crippen LogP contribution >= 0.6 is 11.8 Å². The first kappa shape index (κ1) is 22.7. The number of nitrogens with zero attached hydrogens (tertiary/aromatic N) is 2. The van der Waals surface area contributed by atoms with Crippen LogP contribution in [-0.4, -0.2) is 40.1 Å². The summed E-state index contributed by atoms with van der Waals surface area (Å²) in [5, 5.41) is 5.30. The van der Waals surface area contributed by atoms with Gasteiger partial charge in [0.2, 0.25) is 11.7 Å². The SMILES string of the molecule is O=C(NC[C@H]1CCS[C@@H](c2ccc(Oc3cc(F)cc(F)c3)cc2)C(=O)N1)c1ncccn1. The molecule has 0 radical (unpaired) electrons. The van der Waals surface area contributed by atoms with Gasteiger partial charge in [0.25, 0.3) is 5.91 Å². The lowest BCUT2D eigenvalue weighted by molar-refractivity contribution is -0.121. The van der Waals surface area contributed by atoms with Gasteiger partial charge < -0.3 is 15.4 Å². The number of carbonyl (C=O) groups is 2. The lowest BCUT2D eigenvalue weighted by Crippen LogP contribution is -2.44. The summed E-state index contributed by atoms with van der Waals surface area (Å²) in [5.74, 6) is -0.773. The standard InChI is InChI=1S/C23H20F2N4O3S/c24-15-10-16(25)12-19(11-15)32-18-4-2-14(3-5-18)20-22(30)29-17(6-9-33-20)13-28-23(31)21-26-7-1-8-27-21/h1-5,7-8,10-12,17,20H,6,9,13H2,(H,28,31)(H,29,30)/t17-,20+/m1/s1. The van der Waals surface area contributed by atoms with Crippen LogP contribution in [-0.2, 0) is 4.79 Å². The first-order valence-corrected chi connectivity index (χ1v) is 11.2. The van der Waals surface area contributed by atoms with Crippen molar-refractivity contribution in [3.8, 4) is 11.5 Å². The molecule has 33 heavy (non-hydrogen) atoms. The van der Waals surface area contributed by atoms with Gasteiger partial charge >= 0.3 is 0 Å². The van der Waals surface area contributed by atoms with E-state index in [1.807, 2.05) is 0 Å². The van der Waals surface area contributed by atoms with E-state index in [1.54, 1.807) is 30.3 Å². The minimum atomic E-state index is -0.727. The first-order valence-electron chi connectivity index (χ1n) is 10.2. The van der Waals surface area contributed by atoms with Crippen LogP contribution in [0, 0.1) is 11.6 Å². The van der Waals surface area contributed by atoms with Crippen LogP contribution in [0.25, 0.3) is 0 Å². The molecule has 2 amide bonds. The molecule has 10 heteroatoms. The fraction of sp³-hybridized carbons (Fsp3) is 0.217. The van der Waals surface area contributed by atoms with Crippen LogP contribution in [0.15, 0.2) is 60.9 Å². The summed E-state index contributed by atoms with van der Waals surface area (Å²) < 4.78 is 32.2. The lowest BCUT2D eigenvalue weighted by atomic mass is 10.1. The highest BCUT2D eigenvalue weighted by molar-refractivity contribution is 8.00. The summed E-state index contributed by atoms with van der Waals surface area (Å²) in [7, 11) is 0. The Labute approximate surface area is 193 Å². The Morgan fingerprint density at radius 2 is 1.79 bits per heavy atom. The highest BCUT2D eigenvalue weighted by Crippen LogP contribution is 2.33. The maximum Gasteiger partial charge on any atom is 0.289 e. The number of thioether (sulfide) groups is 1. The predicted molar refractivity (Wildman–Crippen MR) is 119 cm³/mol. The minimum Gasteiger partial charge on any atom is -0.457 e. The molecule has 0 aliphatic carbocycles. The number of amides is 2. The molecule has 2 atom stereocenters. The van der Waals surface area contributed by atoms with E-state index < -0.39 is 22.8 Å². The van der Waals surface area contributed by atoms with Gasteiger partial charge in [0.15, 0.2) is 0 Å². The Kier molecular flexibility index (Phi) is 7.13. The van der Waals surface area contributed by atoms with Gasteiger partial charge in [-0.05, 0) is 35.9 Å². The molecule has 2 aromatic carbocycles. The maximum atomic E-state index is 13.3. The zero-order chi connectivity index (χ0) is 23.2. The number of ether oxygens (including phenoxy) is 1. The second-order valence-electron chi connectivity index (χ2n) is 7.30. The summed E-state index contributed by atoms with van der Waals surface area (Å²) in [6, 6.07) is 11.2. The van der Waals surface area contributed by atoms with E-state index in [4.69, 9.17) is 4.74 Å². The molecule has 2 N–H and O–H groups in total. The number of nitrogens with one attached hydrogen (secondary N) is 2. The summed E-state index contributed by atoms with van der Waals surface area (Å²) in [5.41, 5.74) is 0.776. The summed E-state index contributed by atoms with van der Waals surface area (Å²) in [6.07, 6.45) is 3.67. The Balaban J connectivity index is 1.35. The molecular weight excluding hydrogens is 450 g/mol. The van der Waals surface area contributed by atoms with E-state index in [0.717, 1.165) is 23.8 Å². The van der Waals surface area contributed by atoms with Gasteiger partial charge in [0, 0.05) is 43.2 Å². The van der Waals surface area contributed by atoms with Crippen LogP contribution in [0.5, 0.6) is 11.5 Å². The minimum absolute atomic E-state index is 0.0487. The maximum absolute atomic E-state index is 13.3. The van der Waals surface area contributed by atoms with Crippen molar-refractivity contribution in [2.75, 3.05) is 12.3 Å². The van der Waals surface area contributed by atoms with E-state index in [9.17, 15) is 18.4 Å². The van der Waals surface area contributed by atoms with Crippen LogP contribution in [0.2, 0.25) is 0 Å². The number of aromatic nitrogens is 2. The molecule has 7 nitrogen and oxygen atoms in total. The third-order valence-electron chi connectivity index (χ3n) is 4.87. The Hall–Kier alpha value is -3.53. The van der Waals surface area contributed by atoms with Crippen LogP contribution < -0.4 is 15.4 Å². The molecule has 1 fully saturated rings. The molecule has 1 aliphatic heterocycles. The van der Waals surface area contributed by atoms with Gasteiger partial charge in [-0.25, -0.2) is 18.7 Å². The lowest BCUT2D eigenvalue weighted by Gasteiger charge is -2.18. The van der Waals surface area contributed by atoms with E-state index in [1.165, 1.54) is 24.2 Å². The smallest absolute Gasteiger partial charge is 0.289 e. The quantitative estimate of drug-likeness (QED) is 0.572. The van der Waals surface area contributed by atoms with E-state index >= 15 is 0 Å². The van der Waals surface area contributed by atoms with Crippen molar-refractivity contribution >= 4 is 23.6 Å². The van der Waals surface area contributed by atoms with Crippen molar-refractivity contribution in [1.82, 2.24) is 20.6 Å². The molecule has 170 valence electrons. The normalized spacial score (nSPS) is 18.2. The van der Waals surface area contributed by atoms with Gasteiger partial charge in [0.1, 0.15) is 28.4 Å². The second kappa shape index (κ2) is 10.4. The van der Waals surface area contributed by atoms with Crippen molar-refractivity contribution in [2.45, 2.75) is 17.7 Å². The van der Waals surface area contributed by atoms with Crippen LogP contribution in [0.1, 0.15) is 27.9 Å². The zero-order valence-electron chi connectivity index (χ0n) is 17.3. The third-order valence-corrected chi connectivity index (χ3v) is 6.16. The second-order valence-corrected chi connectivity index (χ2v) is 8.52. The van der Waals surface area contributed by atoms with Gasteiger partial charge in [0.05, 0.1) is 0 Å². The monoisotopic (exact) mass is 470 g/mol. The molecule has 1 aliphatic rings. The molecule has 0 saturated carbocycles. The highest BCUT2D eigenvalue weighted by atomic mass is 32.2. The van der Waals surface area contributed by atoms with Gasteiger partial charge in [-0.15, -0.1) is 11.8 Å². The highest BCUT2D eigenvalue weighted by Gasteiger charge is 2.27. The summed E-state index contributed by atoms with van der Waals surface area (Å²) >= 11 is 1.50. The number of halogens is 2. The number of rotatable bonds is 6. The van der Waals surface area contributed by atoms with E-state index in [0.29, 0.717) is 17.9 Å².